The second-order valence-corrected chi connectivity index (χ2v) is 2.79. The number of aliphatic hydroxyl groups is 2. The van der Waals surface area contributed by atoms with Crippen LogP contribution in [-0.4, -0.2) is 22.4 Å². The number of hydrogen-bond acceptors (Lipinski definition) is 2. The van der Waals surface area contributed by atoms with Crippen molar-refractivity contribution in [1.29, 1.82) is 0 Å². The molecule has 60 valence electrons. The molecule has 0 aliphatic carbocycles. The van der Waals surface area contributed by atoms with Gasteiger partial charge in [-0.1, -0.05) is 12.2 Å². The lowest BCUT2D eigenvalue weighted by Gasteiger charge is -2.10. The number of aliphatic hydroxyl groups excluding tert-OH is 2. The first kappa shape index (κ1) is 9.66. The van der Waals surface area contributed by atoms with E-state index >= 15 is 0 Å². The minimum absolute atomic E-state index is 0.325. The fourth-order valence-corrected chi connectivity index (χ4v) is 0.645. The Balaban J connectivity index is 3.40. The molecule has 0 rings (SSSR count). The molecule has 0 radical (unpaired) electrons. The minimum atomic E-state index is -0.449. The van der Waals surface area contributed by atoms with E-state index in [1.54, 1.807) is 13.8 Å². The van der Waals surface area contributed by atoms with Crippen LogP contribution in [-0.2, 0) is 0 Å². The first-order valence-electron chi connectivity index (χ1n) is 3.55. The van der Waals surface area contributed by atoms with Gasteiger partial charge in [-0.25, -0.2) is 0 Å². The Morgan fingerprint density at radius 2 is 1.90 bits per heavy atom. The van der Waals surface area contributed by atoms with E-state index in [1.165, 1.54) is 0 Å². The standard InChI is InChI=1S/C8H16O2/c1-6(2)8(10)5-4-7(3)9/h7-10H,1,4-5H2,2-3H3. The van der Waals surface area contributed by atoms with Gasteiger partial charge in [-0.2, -0.15) is 0 Å². The summed E-state index contributed by atoms with van der Waals surface area (Å²) < 4.78 is 0. The van der Waals surface area contributed by atoms with Gasteiger partial charge in [-0.15, -0.1) is 0 Å². The third kappa shape index (κ3) is 4.53. The molecule has 0 aromatic carbocycles. The van der Waals surface area contributed by atoms with Crippen molar-refractivity contribution < 1.29 is 10.2 Å². The molecular weight excluding hydrogens is 128 g/mol. The van der Waals surface area contributed by atoms with E-state index in [9.17, 15) is 0 Å². The lowest BCUT2D eigenvalue weighted by molar-refractivity contribution is 0.141. The fourth-order valence-electron chi connectivity index (χ4n) is 0.645. The Hall–Kier alpha value is -0.340. The van der Waals surface area contributed by atoms with Crippen molar-refractivity contribution in [3.8, 4) is 0 Å². The molecule has 2 N–H and O–H groups in total. The van der Waals surface area contributed by atoms with Crippen LogP contribution in [0.5, 0.6) is 0 Å². The highest BCUT2D eigenvalue weighted by atomic mass is 16.3. The van der Waals surface area contributed by atoms with Crippen LogP contribution < -0.4 is 0 Å². The van der Waals surface area contributed by atoms with Gasteiger partial charge >= 0.3 is 0 Å². The van der Waals surface area contributed by atoms with Gasteiger partial charge in [-0.05, 0) is 26.7 Å². The molecule has 0 amide bonds. The van der Waals surface area contributed by atoms with Crippen LogP contribution in [0.25, 0.3) is 0 Å². The molecule has 0 aromatic rings. The summed E-state index contributed by atoms with van der Waals surface area (Å²) in [4.78, 5) is 0. The van der Waals surface area contributed by atoms with Gasteiger partial charge in [-0.3, -0.25) is 0 Å². The maximum absolute atomic E-state index is 9.16. The number of hydrogen-bond donors (Lipinski definition) is 2. The van der Waals surface area contributed by atoms with Gasteiger partial charge in [0.05, 0.1) is 12.2 Å². The first-order chi connectivity index (χ1) is 4.54. The lowest BCUT2D eigenvalue weighted by atomic mass is 10.1. The Labute approximate surface area is 62.2 Å². The van der Waals surface area contributed by atoms with Crippen LogP contribution in [0.1, 0.15) is 26.7 Å². The molecule has 0 heterocycles. The topological polar surface area (TPSA) is 40.5 Å². The van der Waals surface area contributed by atoms with Crippen LogP contribution in [0.15, 0.2) is 12.2 Å². The molecule has 0 spiro atoms. The van der Waals surface area contributed by atoms with E-state index in [4.69, 9.17) is 10.2 Å². The third-order valence-corrected chi connectivity index (χ3v) is 1.43. The van der Waals surface area contributed by atoms with Crippen molar-refractivity contribution in [2.45, 2.75) is 38.9 Å². The SMILES string of the molecule is C=C(C)C(O)CCC(C)O. The number of rotatable bonds is 4. The summed E-state index contributed by atoms with van der Waals surface area (Å²) in [6.45, 7) is 7.10. The summed E-state index contributed by atoms with van der Waals surface area (Å²) in [6, 6.07) is 0. The van der Waals surface area contributed by atoms with Gasteiger partial charge in [0, 0.05) is 0 Å². The van der Waals surface area contributed by atoms with Gasteiger partial charge < -0.3 is 10.2 Å². The van der Waals surface area contributed by atoms with Crippen molar-refractivity contribution in [2.75, 3.05) is 0 Å². The molecular formula is C8H16O2. The third-order valence-electron chi connectivity index (χ3n) is 1.43. The summed E-state index contributed by atoms with van der Waals surface area (Å²) in [7, 11) is 0. The summed E-state index contributed by atoms with van der Waals surface area (Å²) >= 11 is 0. The molecule has 2 unspecified atom stereocenters. The maximum atomic E-state index is 9.16. The van der Waals surface area contributed by atoms with Crippen LogP contribution in [0.4, 0.5) is 0 Å². The van der Waals surface area contributed by atoms with Gasteiger partial charge in [0.2, 0.25) is 0 Å². The van der Waals surface area contributed by atoms with E-state index in [2.05, 4.69) is 6.58 Å². The van der Waals surface area contributed by atoms with Gasteiger partial charge in [0.25, 0.3) is 0 Å². The zero-order chi connectivity index (χ0) is 8.15. The van der Waals surface area contributed by atoms with Gasteiger partial charge in [0.1, 0.15) is 0 Å². The van der Waals surface area contributed by atoms with Crippen molar-refractivity contribution in [1.82, 2.24) is 0 Å². The maximum Gasteiger partial charge on any atom is 0.0745 e. The fraction of sp³-hybridized carbons (Fsp3) is 0.750. The highest BCUT2D eigenvalue weighted by Crippen LogP contribution is 2.07. The predicted molar refractivity (Wildman–Crippen MR) is 41.7 cm³/mol. The normalized spacial score (nSPS) is 16.4. The Kier molecular flexibility index (Phi) is 4.32. The molecule has 0 aliphatic rings. The Bertz CT molecular complexity index is 108. The predicted octanol–water partition coefficient (Wildman–Crippen LogP) is 1.08. The van der Waals surface area contributed by atoms with E-state index in [0.717, 1.165) is 5.57 Å². The largest absolute Gasteiger partial charge is 0.393 e. The molecule has 10 heavy (non-hydrogen) atoms. The smallest absolute Gasteiger partial charge is 0.0745 e. The van der Waals surface area contributed by atoms with E-state index in [1.807, 2.05) is 0 Å². The average molecular weight is 144 g/mol. The monoisotopic (exact) mass is 144 g/mol. The molecule has 2 heteroatoms. The molecule has 0 saturated carbocycles. The first-order valence-corrected chi connectivity index (χ1v) is 3.55. The van der Waals surface area contributed by atoms with Crippen LogP contribution in [0.2, 0.25) is 0 Å². The molecule has 0 aliphatic heterocycles. The zero-order valence-electron chi connectivity index (χ0n) is 6.67. The van der Waals surface area contributed by atoms with Crippen molar-refractivity contribution in [2.24, 2.45) is 0 Å². The van der Waals surface area contributed by atoms with Crippen LogP contribution in [0.3, 0.4) is 0 Å². The average Bonchev–Trinajstić information content (AvgIpc) is 1.82. The summed E-state index contributed by atoms with van der Waals surface area (Å²) in [6.07, 6.45) is 0.463. The summed E-state index contributed by atoms with van der Waals surface area (Å²) in [5, 5.41) is 18.0. The van der Waals surface area contributed by atoms with Crippen molar-refractivity contribution >= 4 is 0 Å². The van der Waals surface area contributed by atoms with Gasteiger partial charge in [0.15, 0.2) is 0 Å². The quantitative estimate of drug-likeness (QED) is 0.580. The Morgan fingerprint density at radius 1 is 1.40 bits per heavy atom. The van der Waals surface area contributed by atoms with Crippen LogP contribution in [0, 0.1) is 0 Å². The molecule has 2 atom stereocenters. The second-order valence-electron chi connectivity index (χ2n) is 2.79. The highest BCUT2D eigenvalue weighted by Gasteiger charge is 2.05. The molecule has 2 nitrogen and oxygen atoms in total. The highest BCUT2D eigenvalue weighted by molar-refractivity contribution is 4.96. The van der Waals surface area contributed by atoms with Crippen molar-refractivity contribution in [3.63, 3.8) is 0 Å². The molecule has 0 saturated heterocycles. The Morgan fingerprint density at radius 3 is 2.20 bits per heavy atom. The second kappa shape index (κ2) is 4.47. The summed E-state index contributed by atoms with van der Waals surface area (Å²) in [5.74, 6) is 0. The zero-order valence-corrected chi connectivity index (χ0v) is 6.67. The summed E-state index contributed by atoms with van der Waals surface area (Å²) in [5.41, 5.74) is 0.764. The minimum Gasteiger partial charge on any atom is -0.393 e. The van der Waals surface area contributed by atoms with E-state index in [-0.39, 0.29) is 6.10 Å². The van der Waals surface area contributed by atoms with E-state index < -0.39 is 6.10 Å². The molecule has 0 fully saturated rings. The van der Waals surface area contributed by atoms with Crippen molar-refractivity contribution in [3.05, 3.63) is 12.2 Å². The lowest BCUT2D eigenvalue weighted by Crippen LogP contribution is -2.11. The van der Waals surface area contributed by atoms with Crippen LogP contribution >= 0.6 is 0 Å². The molecule has 0 bridgehead atoms. The van der Waals surface area contributed by atoms with E-state index in [0.29, 0.717) is 12.8 Å². The molecule has 0 aromatic heterocycles.